The van der Waals surface area contributed by atoms with E-state index in [1.54, 1.807) is 24.5 Å². The molecule has 2 amide bonds. The maximum absolute atomic E-state index is 12.8. The Morgan fingerprint density at radius 3 is 2.60 bits per heavy atom. The lowest BCUT2D eigenvalue weighted by Gasteiger charge is -2.39. The lowest BCUT2D eigenvalue weighted by molar-refractivity contribution is -0.139. The Morgan fingerprint density at radius 1 is 1.20 bits per heavy atom. The zero-order chi connectivity index (χ0) is 16.2. The van der Waals surface area contributed by atoms with Crippen LogP contribution in [0.5, 0.6) is 0 Å². The van der Waals surface area contributed by atoms with Crippen molar-refractivity contribution >= 4 is 36.6 Å². The van der Waals surface area contributed by atoms with Crippen molar-refractivity contribution in [2.24, 2.45) is 5.92 Å². The molecular formula is C17H26Cl2N4O2. The summed E-state index contributed by atoms with van der Waals surface area (Å²) in [7, 11) is 0. The molecule has 3 rings (SSSR count). The summed E-state index contributed by atoms with van der Waals surface area (Å²) in [5.74, 6) is 0.125. The smallest absolute Gasteiger partial charge is 0.253 e. The Bertz CT molecular complexity index is 573. The Hall–Kier alpha value is -1.37. The number of amides is 2. The average molecular weight is 389 g/mol. The number of hydrogen-bond acceptors (Lipinski definition) is 4. The van der Waals surface area contributed by atoms with Gasteiger partial charge in [-0.15, -0.1) is 24.8 Å². The third-order valence-corrected chi connectivity index (χ3v) is 4.77. The number of carbonyl (C=O) groups excluding carboxylic acids is 2. The van der Waals surface area contributed by atoms with Crippen LogP contribution in [-0.2, 0) is 4.79 Å². The van der Waals surface area contributed by atoms with Crippen LogP contribution < -0.4 is 5.32 Å². The summed E-state index contributed by atoms with van der Waals surface area (Å²) in [5, 5.41) is 3.31. The van der Waals surface area contributed by atoms with Gasteiger partial charge < -0.3 is 15.1 Å². The van der Waals surface area contributed by atoms with Gasteiger partial charge in [0, 0.05) is 56.7 Å². The van der Waals surface area contributed by atoms with Crippen molar-refractivity contribution in [2.45, 2.75) is 25.8 Å². The predicted octanol–water partition coefficient (Wildman–Crippen LogP) is 1.60. The molecule has 2 aliphatic heterocycles. The zero-order valence-corrected chi connectivity index (χ0v) is 16.0. The van der Waals surface area contributed by atoms with Crippen molar-refractivity contribution in [2.75, 3.05) is 32.7 Å². The third kappa shape index (κ3) is 5.06. The molecule has 2 unspecified atom stereocenters. The summed E-state index contributed by atoms with van der Waals surface area (Å²) >= 11 is 0. The van der Waals surface area contributed by atoms with Gasteiger partial charge >= 0.3 is 0 Å². The minimum Gasteiger partial charge on any atom is -0.338 e. The van der Waals surface area contributed by atoms with Crippen molar-refractivity contribution in [1.29, 1.82) is 0 Å². The van der Waals surface area contributed by atoms with Crippen LogP contribution in [0.3, 0.4) is 0 Å². The summed E-state index contributed by atoms with van der Waals surface area (Å²) < 4.78 is 0. The van der Waals surface area contributed by atoms with E-state index in [9.17, 15) is 9.59 Å². The maximum Gasteiger partial charge on any atom is 0.253 e. The molecule has 1 N–H and O–H groups in total. The van der Waals surface area contributed by atoms with Crippen molar-refractivity contribution in [1.82, 2.24) is 20.1 Å². The van der Waals surface area contributed by atoms with Crippen molar-refractivity contribution < 1.29 is 9.59 Å². The van der Waals surface area contributed by atoms with Crippen LogP contribution in [0.4, 0.5) is 0 Å². The standard InChI is InChI=1S/C17H24N4O2.2ClH/c1-13-11-19-8-10-21(13)17(23)15-3-2-9-20(12-15)16(22)14-4-6-18-7-5-14;;/h4-7,13,15,19H,2-3,8-12H2,1H3;2*1H. The number of halogens is 2. The average Bonchev–Trinajstić information content (AvgIpc) is 2.62. The minimum atomic E-state index is -0.0740. The largest absolute Gasteiger partial charge is 0.338 e. The van der Waals surface area contributed by atoms with Gasteiger partial charge in [-0.2, -0.15) is 0 Å². The molecule has 2 fully saturated rings. The van der Waals surface area contributed by atoms with Crippen molar-refractivity contribution in [3.63, 3.8) is 0 Å². The van der Waals surface area contributed by atoms with Crippen LogP contribution in [0.25, 0.3) is 0 Å². The van der Waals surface area contributed by atoms with E-state index in [2.05, 4.69) is 17.2 Å². The van der Waals surface area contributed by atoms with E-state index in [0.717, 1.165) is 39.0 Å². The van der Waals surface area contributed by atoms with Gasteiger partial charge in [0.05, 0.1) is 5.92 Å². The highest BCUT2D eigenvalue weighted by molar-refractivity contribution is 5.94. The molecule has 140 valence electrons. The molecule has 0 saturated carbocycles. The van der Waals surface area contributed by atoms with Gasteiger partial charge in [-0.25, -0.2) is 0 Å². The highest BCUT2D eigenvalue weighted by Gasteiger charge is 2.33. The molecule has 3 heterocycles. The number of hydrogen-bond donors (Lipinski definition) is 1. The fourth-order valence-electron chi connectivity index (χ4n) is 3.44. The molecule has 1 aromatic rings. The minimum absolute atomic E-state index is 0. The first-order valence-electron chi connectivity index (χ1n) is 8.37. The SMILES string of the molecule is CC1CNCCN1C(=O)C1CCCN(C(=O)c2ccncc2)C1.Cl.Cl. The highest BCUT2D eigenvalue weighted by atomic mass is 35.5. The summed E-state index contributed by atoms with van der Waals surface area (Å²) in [4.78, 5) is 33.1. The molecule has 0 aliphatic carbocycles. The van der Waals surface area contributed by atoms with Gasteiger partial charge in [-0.05, 0) is 31.9 Å². The summed E-state index contributed by atoms with van der Waals surface area (Å²) in [6.45, 7) is 5.78. The molecule has 2 saturated heterocycles. The fourth-order valence-corrected chi connectivity index (χ4v) is 3.44. The number of carbonyl (C=O) groups is 2. The third-order valence-electron chi connectivity index (χ3n) is 4.77. The summed E-state index contributed by atoms with van der Waals surface area (Å²) in [6.07, 6.45) is 5.01. The quantitative estimate of drug-likeness (QED) is 0.835. The topological polar surface area (TPSA) is 65.5 Å². The highest BCUT2D eigenvalue weighted by Crippen LogP contribution is 2.22. The van der Waals surface area contributed by atoms with Crippen LogP contribution in [0.1, 0.15) is 30.1 Å². The summed E-state index contributed by atoms with van der Waals surface area (Å²) in [6, 6.07) is 3.68. The van der Waals surface area contributed by atoms with E-state index < -0.39 is 0 Å². The number of rotatable bonds is 2. The predicted molar refractivity (Wildman–Crippen MR) is 101 cm³/mol. The molecule has 0 bridgehead atoms. The fraction of sp³-hybridized carbons (Fsp3) is 0.588. The van der Waals surface area contributed by atoms with Crippen molar-refractivity contribution in [3.8, 4) is 0 Å². The second-order valence-corrected chi connectivity index (χ2v) is 6.41. The van der Waals surface area contributed by atoms with E-state index in [-0.39, 0.29) is 48.6 Å². The van der Waals surface area contributed by atoms with Gasteiger partial charge in [-0.1, -0.05) is 0 Å². The molecule has 1 aromatic heterocycles. The van der Waals surface area contributed by atoms with E-state index in [4.69, 9.17) is 0 Å². The van der Waals surface area contributed by atoms with Gasteiger partial charge in [0.1, 0.15) is 0 Å². The molecule has 6 nitrogen and oxygen atoms in total. The summed E-state index contributed by atoms with van der Waals surface area (Å²) in [5.41, 5.74) is 0.642. The number of piperazine rings is 1. The van der Waals surface area contributed by atoms with Gasteiger partial charge in [0.15, 0.2) is 0 Å². The van der Waals surface area contributed by atoms with E-state index in [1.165, 1.54) is 0 Å². The van der Waals surface area contributed by atoms with Crippen molar-refractivity contribution in [3.05, 3.63) is 30.1 Å². The Labute approximate surface area is 161 Å². The second-order valence-electron chi connectivity index (χ2n) is 6.41. The Morgan fingerprint density at radius 2 is 1.92 bits per heavy atom. The number of nitrogens with zero attached hydrogens (tertiary/aromatic N) is 3. The molecule has 8 heteroatoms. The number of piperidine rings is 1. The second kappa shape index (κ2) is 9.94. The first-order chi connectivity index (χ1) is 11.2. The number of pyridine rings is 1. The van der Waals surface area contributed by atoms with Gasteiger partial charge in [-0.3, -0.25) is 14.6 Å². The normalized spacial score (nSPS) is 23.2. The molecule has 2 atom stereocenters. The molecule has 0 spiro atoms. The lowest BCUT2D eigenvalue weighted by Crippen LogP contribution is -2.55. The molecule has 25 heavy (non-hydrogen) atoms. The van der Waals surface area contributed by atoms with E-state index in [0.29, 0.717) is 12.1 Å². The first-order valence-corrected chi connectivity index (χ1v) is 8.37. The number of aromatic nitrogens is 1. The number of likely N-dealkylation sites (tertiary alicyclic amines) is 1. The zero-order valence-electron chi connectivity index (χ0n) is 14.4. The Balaban J connectivity index is 0.00000156. The maximum atomic E-state index is 12.8. The first kappa shape index (κ1) is 21.7. The van der Waals surface area contributed by atoms with E-state index in [1.807, 2.05) is 9.80 Å². The van der Waals surface area contributed by atoms with E-state index >= 15 is 0 Å². The lowest BCUT2D eigenvalue weighted by atomic mass is 9.95. The Kier molecular flexibility index (Phi) is 8.62. The monoisotopic (exact) mass is 388 g/mol. The molecular weight excluding hydrogens is 363 g/mol. The van der Waals surface area contributed by atoms with Gasteiger partial charge in [0.2, 0.25) is 5.91 Å². The van der Waals surface area contributed by atoms with Crippen LogP contribution in [-0.4, -0.2) is 65.4 Å². The molecule has 0 aromatic carbocycles. The van der Waals surface area contributed by atoms with Crippen LogP contribution in [0.2, 0.25) is 0 Å². The van der Waals surface area contributed by atoms with Gasteiger partial charge in [0.25, 0.3) is 5.91 Å². The van der Waals surface area contributed by atoms with Crippen LogP contribution in [0.15, 0.2) is 24.5 Å². The van der Waals surface area contributed by atoms with Crippen LogP contribution in [0, 0.1) is 5.92 Å². The molecule has 2 aliphatic rings. The molecule has 0 radical (unpaired) electrons. The van der Waals surface area contributed by atoms with Crippen LogP contribution >= 0.6 is 24.8 Å². The number of nitrogens with one attached hydrogen (secondary N) is 1.